The highest BCUT2D eigenvalue weighted by Gasteiger charge is 2.30. The first-order valence-electron chi connectivity index (χ1n) is 7.48. The molecule has 0 heterocycles. The lowest BCUT2D eigenvalue weighted by molar-refractivity contribution is -0.137. The van der Waals surface area contributed by atoms with Gasteiger partial charge in [0.1, 0.15) is 0 Å². The van der Waals surface area contributed by atoms with E-state index in [0.29, 0.717) is 24.1 Å². The van der Waals surface area contributed by atoms with Gasteiger partial charge in [0, 0.05) is 18.2 Å². The highest BCUT2D eigenvalue weighted by molar-refractivity contribution is 5.85. The van der Waals surface area contributed by atoms with Crippen molar-refractivity contribution in [1.29, 1.82) is 0 Å². The Morgan fingerprint density at radius 1 is 1.38 bits per heavy atom. The van der Waals surface area contributed by atoms with Crippen molar-refractivity contribution in [2.24, 2.45) is 0 Å². The summed E-state index contributed by atoms with van der Waals surface area (Å²) in [5.74, 6) is -0.845. The second kappa shape index (κ2) is 10.8. The normalized spacial score (nSPS) is 13.0. The Morgan fingerprint density at radius 3 is 2.42 bits per heavy atom. The number of alkyl halides is 3. The Hall–Kier alpha value is -1.86. The van der Waals surface area contributed by atoms with Crippen molar-refractivity contribution in [3.63, 3.8) is 0 Å². The predicted molar refractivity (Wildman–Crippen MR) is 86.8 cm³/mol. The van der Waals surface area contributed by atoms with Crippen LogP contribution >= 0.6 is 0 Å². The van der Waals surface area contributed by atoms with Gasteiger partial charge in [-0.2, -0.15) is 13.2 Å². The molecule has 4 nitrogen and oxygen atoms in total. The monoisotopic (exact) mass is 347 g/mol. The van der Waals surface area contributed by atoms with Crippen molar-refractivity contribution in [2.45, 2.75) is 39.4 Å². The summed E-state index contributed by atoms with van der Waals surface area (Å²) in [6, 6.07) is 5.35. The van der Waals surface area contributed by atoms with Gasteiger partial charge in [-0.25, -0.2) is 4.79 Å². The lowest BCUT2D eigenvalue weighted by Gasteiger charge is -2.14. The van der Waals surface area contributed by atoms with E-state index in [0.717, 1.165) is 12.1 Å². The zero-order valence-electron chi connectivity index (χ0n) is 14.0. The molecule has 1 unspecified atom stereocenters. The third-order valence-corrected chi connectivity index (χ3v) is 3.17. The molecular weight excluding hydrogens is 323 g/mol. The van der Waals surface area contributed by atoms with Crippen LogP contribution < -0.4 is 5.32 Å². The molecule has 0 aromatic heterocycles. The van der Waals surface area contributed by atoms with Crippen molar-refractivity contribution >= 4 is 5.97 Å². The number of carboxylic acids is 1. The number of carbonyl (C=O) groups is 1. The minimum absolute atomic E-state index is 0.0208. The zero-order valence-corrected chi connectivity index (χ0v) is 14.0. The smallest absolute Gasteiger partial charge is 0.416 e. The summed E-state index contributed by atoms with van der Waals surface area (Å²) in [7, 11) is 0. The molecule has 1 rings (SSSR count). The van der Waals surface area contributed by atoms with E-state index < -0.39 is 17.7 Å². The van der Waals surface area contributed by atoms with E-state index in [1.807, 2.05) is 6.92 Å². The second-order valence-corrected chi connectivity index (χ2v) is 5.26. The number of aliphatic hydroxyl groups excluding tert-OH is 1. The van der Waals surface area contributed by atoms with Crippen LogP contribution in [0.4, 0.5) is 13.2 Å². The first kappa shape index (κ1) is 22.1. The maximum Gasteiger partial charge on any atom is 0.416 e. The molecule has 0 saturated carbocycles. The molecule has 136 valence electrons. The molecule has 0 saturated heterocycles. The Labute approximate surface area is 140 Å². The number of hydrogen-bond acceptors (Lipinski definition) is 3. The van der Waals surface area contributed by atoms with E-state index in [4.69, 9.17) is 10.2 Å². The molecule has 0 radical (unpaired) electrons. The number of aliphatic hydroxyl groups is 1. The molecule has 1 aromatic carbocycles. The molecule has 24 heavy (non-hydrogen) atoms. The van der Waals surface area contributed by atoms with E-state index in [1.165, 1.54) is 6.07 Å². The van der Waals surface area contributed by atoms with E-state index in [9.17, 15) is 18.0 Å². The van der Waals surface area contributed by atoms with Crippen LogP contribution in [0.1, 0.15) is 31.9 Å². The van der Waals surface area contributed by atoms with Crippen LogP contribution in [0.2, 0.25) is 0 Å². The number of aliphatic carboxylic acids is 1. The van der Waals surface area contributed by atoms with Crippen molar-refractivity contribution in [1.82, 2.24) is 5.32 Å². The van der Waals surface area contributed by atoms with Gasteiger partial charge in [-0.05, 0) is 38.8 Å². The molecule has 0 fully saturated rings. The van der Waals surface area contributed by atoms with E-state index >= 15 is 0 Å². The lowest BCUT2D eigenvalue weighted by atomic mass is 10.0. The summed E-state index contributed by atoms with van der Waals surface area (Å²) >= 11 is 0. The molecule has 1 aromatic rings. The minimum atomic E-state index is -4.29. The third-order valence-electron chi connectivity index (χ3n) is 3.17. The summed E-state index contributed by atoms with van der Waals surface area (Å²) in [5, 5.41) is 19.7. The summed E-state index contributed by atoms with van der Waals surface area (Å²) in [4.78, 5) is 9.86. The summed E-state index contributed by atoms with van der Waals surface area (Å²) in [6.07, 6.45) is -2.23. The summed E-state index contributed by atoms with van der Waals surface area (Å²) in [5.41, 5.74) is 0.405. The van der Waals surface area contributed by atoms with Gasteiger partial charge in [0.2, 0.25) is 0 Å². The number of allylic oxidation sites excluding steroid dienone is 1. The fourth-order valence-corrected chi connectivity index (χ4v) is 1.73. The molecule has 1 atom stereocenters. The first-order valence-corrected chi connectivity index (χ1v) is 7.48. The largest absolute Gasteiger partial charge is 0.478 e. The van der Waals surface area contributed by atoms with Gasteiger partial charge in [-0.3, -0.25) is 0 Å². The number of halogens is 3. The predicted octanol–water partition coefficient (Wildman–Crippen LogP) is 3.26. The van der Waals surface area contributed by atoms with Crippen LogP contribution in [0.3, 0.4) is 0 Å². The van der Waals surface area contributed by atoms with Crippen molar-refractivity contribution in [2.75, 3.05) is 13.2 Å². The van der Waals surface area contributed by atoms with Gasteiger partial charge in [0.25, 0.3) is 0 Å². The maximum atomic E-state index is 12.5. The molecule has 3 N–H and O–H groups in total. The van der Waals surface area contributed by atoms with Crippen LogP contribution in [0.5, 0.6) is 0 Å². The second-order valence-electron chi connectivity index (χ2n) is 5.26. The minimum Gasteiger partial charge on any atom is -0.478 e. The quantitative estimate of drug-likeness (QED) is 0.691. The first-order chi connectivity index (χ1) is 11.1. The number of rotatable bonds is 6. The van der Waals surface area contributed by atoms with E-state index in [2.05, 4.69) is 5.32 Å². The molecule has 0 aliphatic rings. The standard InChI is InChI=1S/C12H16F3NO.C5H8O2/c1-9(16-5-6-17)7-10-3-2-4-11(8-10)12(13,14)15;1-3-4(2)5(6)7/h2-4,8-9,16-17H,5-7H2,1H3;3H,1-2H3,(H,6,7)/b;4-3+. The Balaban J connectivity index is 0.000000640. The fourth-order valence-electron chi connectivity index (χ4n) is 1.73. The maximum absolute atomic E-state index is 12.5. The van der Waals surface area contributed by atoms with Crippen molar-refractivity contribution in [3.05, 3.63) is 47.0 Å². The molecule has 7 heteroatoms. The third kappa shape index (κ3) is 9.32. The molecule has 0 amide bonds. The van der Waals surface area contributed by atoms with Crippen molar-refractivity contribution < 1.29 is 28.2 Å². The van der Waals surface area contributed by atoms with Crippen LogP contribution in [0.25, 0.3) is 0 Å². The molecule has 0 aliphatic carbocycles. The highest BCUT2D eigenvalue weighted by Crippen LogP contribution is 2.29. The van der Waals surface area contributed by atoms with Gasteiger partial charge >= 0.3 is 12.1 Å². The Morgan fingerprint density at radius 2 is 2.00 bits per heavy atom. The van der Waals surface area contributed by atoms with Crippen LogP contribution in [0.15, 0.2) is 35.9 Å². The highest BCUT2D eigenvalue weighted by atomic mass is 19.4. The lowest BCUT2D eigenvalue weighted by Crippen LogP contribution is -2.30. The van der Waals surface area contributed by atoms with Crippen LogP contribution in [0, 0.1) is 0 Å². The fraction of sp³-hybridized carbons (Fsp3) is 0.471. The molecule has 0 bridgehead atoms. The van der Waals surface area contributed by atoms with Crippen LogP contribution in [-0.4, -0.2) is 35.4 Å². The van der Waals surface area contributed by atoms with Gasteiger partial charge in [-0.15, -0.1) is 0 Å². The average molecular weight is 347 g/mol. The average Bonchev–Trinajstić information content (AvgIpc) is 2.52. The number of hydrogen-bond donors (Lipinski definition) is 3. The van der Waals surface area contributed by atoms with Crippen LogP contribution in [-0.2, 0) is 17.4 Å². The topological polar surface area (TPSA) is 69.6 Å². The van der Waals surface area contributed by atoms with Gasteiger partial charge in [-0.1, -0.05) is 24.3 Å². The van der Waals surface area contributed by atoms with Gasteiger partial charge < -0.3 is 15.5 Å². The number of carboxylic acid groups (broad SMARTS) is 1. The zero-order chi connectivity index (χ0) is 18.8. The summed E-state index contributed by atoms with van der Waals surface area (Å²) < 4.78 is 37.4. The SMILES string of the molecule is C/C=C(\C)C(=O)O.CC(Cc1cccc(C(F)(F)F)c1)NCCO. The molecular formula is C17H24F3NO3. The number of nitrogens with one attached hydrogen (secondary N) is 1. The van der Waals surface area contributed by atoms with Gasteiger partial charge in [0.15, 0.2) is 0 Å². The summed E-state index contributed by atoms with van der Waals surface area (Å²) in [6.45, 7) is 5.59. The Kier molecular flexibility index (Phi) is 9.99. The van der Waals surface area contributed by atoms with Gasteiger partial charge in [0.05, 0.1) is 12.2 Å². The molecule has 0 aliphatic heterocycles. The van der Waals surface area contributed by atoms with E-state index in [-0.39, 0.29) is 12.6 Å². The van der Waals surface area contributed by atoms with E-state index in [1.54, 1.807) is 26.0 Å². The van der Waals surface area contributed by atoms with Crippen molar-refractivity contribution in [3.8, 4) is 0 Å². The molecule has 0 spiro atoms. The number of benzene rings is 1. The Bertz CT molecular complexity index is 542.